The predicted octanol–water partition coefficient (Wildman–Crippen LogP) is 11.4. The number of ether oxygens (including phenoxy) is 2. The van der Waals surface area contributed by atoms with E-state index in [1.54, 1.807) is 71.5 Å². The van der Waals surface area contributed by atoms with Gasteiger partial charge in [0, 0.05) is 85.8 Å². The summed E-state index contributed by atoms with van der Waals surface area (Å²) in [6, 6.07) is 31.3. The van der Waals surface area contributed by atoms with Crippen molar-refractivity contribution in [2.24, 2.45) is 0 Å². The number of nitro groups is 3. The van der Waals surface area contributed by atoms with Crippen molar-refractivity contribution >= 4 is 52.8 Å². The summed E-state index contributed by atoms with van der Waals surface area (Å²) in [6.07, 6.45) is 6.38. The summed E-state index contributed by atoms with van der Waals surface area (Å²) in [7, 11) is 10.1. The zero-order valence-electron chi connectivity index (χ0n) is 47.8. The van der Waals surface area contributed by atoms with Crippen LogP contribution in [0.1, 0.15) is 45.6 Å². The zero-order valence-corrected chi connectivity index (χ0v) is 49.4. The maximum absolute atomic E-state index is 10.2. The van der Waals surface area contributed by atoms with E-state index in [9.17, 15) is 30.3 Å². The largest absolute Gasteiger partial charge is 0.504 e. The van der Waals surface area contributed by atoms with Crippen LogP contribution in [0.25, 0.3) is 0 Å². The quantitative estimate of drug-likeness (QED) is 0.0496. The molecule has 0 radical (unpaired) electrons. The molecule has 0 unspecified atom stereocenters. The van der Waals surface area contributed by atoms with Crippen LogP contribution in [0.3, 0.4) is 0 Å². The first-order valence-electron chi connectivity index (χ1n) is 23.8. The molecule has 28 heteroatoms. The van der Waals surface area contributed by atoms with Gasteiger partial charge >= 0.3 is 5.82 Å². The van der Waals surface area contributed by atoms with Crippen molar-refractivity contribution in [1.29, 1.82) is 0 Å². The number of nitrogen functional groups attached to an aromatic ring is 1. The Morgan fingerprint density at radius 3 is 1.51 bits per heavy atom. The fourth-order valence-electron chi connectivity index (χ4n) is 5.19. The summed E-state index contributed by atoms with van der Waals surface area (Å²) in [6.45, 7) is 14.7. The van der Waals surface area contributed by atoms with Crippen LogP contribution in [0.4, 0.5) is 28.7 Å². The van der Waals surface area contributed by atoms with E-state index in [1.807, 2.05) is 108 Å². The number of nitrogens with zero attached hydrogens (tertiary/aromatic N) is 12. The monoisotopic (exact) mass is 1170 g/mol. The molecule has 8 heterocycles. The van der Waals surface area contributed by atoms with Crippen LogP contribution in [0, 0.1) is 85.7 Å². The highest BCUT2D eigenvalue weighted by Crippen LogP contribution is 2.23. The number of rotatable bonds is 12. The Kier molecular flexibility index (Phi) is 34.8. The van der Waals surface area contributed by atoms with Crippen LogP contribution in [0.2, 0.25) is 0 Å². The number of aromatic nitrogens is 8. The number of nitrogens with two attached hydrogens (primary N) is 1. The fraction of sp³-hybridized carbons (Fsp3) is 0.259. The zero-order chi connectivity index (χ0) is 61.6. The maximum atomic E-state index is 10.2. The molecule has 8 aromatic heterocycles. The molecule has 0 aliphatic heterocycles. The summed E-state index contributed by atoms with van der Waals surface area (Å²) in [5.41, 5.74) is 13.2. The molecule has 0 spiro atoms. The second-order valence-electron chi connectivity index (χ2n) is 16.1. The summed E-state index contributed by atoms with van der Waals surface area (Å²) in [5.74, 6) is 1.33. The number of anilines is 2. The smallest absolute Gasteiger partial charge is 0.363 e. The van der Waals surface area contributed by atoms with Crippen molar-refractivity contribution in [3.05, 3.63) is 210 Å². The third-order valence-corrected chi connectivity index (χ3v) is 10.5. The van der Waals surface area contributed by atoms with Crippen LogP contribution in [-0.4, -0.2) is 102 Å². The lowest BCUT2D eigenvalue weighted by Crippen LogP contribution is -2.08. The molecule has 8 aromatic rings. The van der Waals surface area contributed by atoms with E-state index < -0.39 is 14.8 Å². The summed E-state index contributed by atoms with van der Waals surface area (Å²) in [5, 5.41) is 40.0. The fourth-order valence-corrected chi connectivity index (χ4v) is 6.01. The standard InChI is InChI=1S/C8H12N2.C8H11NO2.2C7H9NO2S.3C6H6N2O2.C6H8N2O/c1-7-4-5-8(6-9-7)10(2)3;1-6-4-5-7(10-2)8(9-6)11-3;1-6-3-4-7(5-8-6)11-10-9-2;1-6-4-3-5-7(8-6)11-10-9-2;1-5-2-3-6(4-7-5)8(9)10;1-5-6(8(9)10)3-2-4-7-5;1-5-3-2-4-6(7-5)8(9)10;1-4-2-3-5(9)6(7)8-4/h4-6H,1-3H3;4-5H,1-3H3;2*3-5H,1-2H3;3*2-4H,1H3;2-3,9H,1H3,(H2,7,8). The van der Waals surface area contributed by atoms with Gasteiger partial charge in [0.1, 0.15) is 22.6 Å². The van der Waals surface area contributed by atoms with Crippen molar-refractivity contribution in [3.63, 3.8) is 0 Å². The van der Waals surface area contributed by atoms with Crippen molar-refractivity contribution < 1.29 is 47.8 Å². The molecule has 0 aliphatic carbocycles. The number of pyridine rings is 8. The Balaban J connectivity index is 0.000000469. The Morgan fingerprint density at radius 2 is 1.07 bits per heavy atom. The summed E-state index contributed by atoms with van der Waals surface area (Å²) in [4.78, 5) is 72.2. The van der Waals surface area contributed by atoms with E-state index in [2.05, 4.69) is 64.4 Å². The highest BCUT2D eigenvalue weighted by molar-refractivity contribution is 7.94. The van der Waals surface area contributed by atoms with Gasteiger partial charge in [-0.15, -0.1) is 0 Å². The van der Waals surface area contributed by atoms with E-state index in [1.165, 1.54) is 50.9 Å². The molecule has 438 valence electrons. The third kappa shape index (κ3) is 30.9. The van der Waals surface area contributed by atoms with Crippen LogP contribution in [-0.2, 0) is 18.4 Å². The van der Waals surface area contributed by atoms with Gasteiger partial charge in [0.2, 0.25) is 0 Å². The van der Waals surface area contributed by atoms with Crippen molar-refractivity contribution in [2.45, 2.75) is 65.3 Å². The normalized spacial score (nSPS) is 9.54. The van der Waals surface area contributed by atoms with E-state index in [0.29, 0.717) is 23.0 Å². The average Bonchev–Trinajstić information content (AvgIpc) is 3.45. The van der Waals surface area contributed by atoms with Gasteiger partial charge < -0.3 is 35.3 Å². The number of hydrogen-bond donors (Lipinski definition) is 2. The number of methoxy groups -OCH3 is 2. The molecule has 0 atom stereocenters. The molecular formula is C54H67N13O13S2. The van der Waals surface area contributed by atoms with Gasteiger partial charge in [0.15, 0.2) is 17.3 Å². The molecule has 0 aliphatic rings. The summed E-state index contributed by atoms with van der Waals surface area (Å²) < 4.78 is 19.2. The number of hydrogen-bond acceptors (Lipinski definition) is 25. The van der Waals surface area contributed by atoms with E-state index in [-0.39, 0.29) is 28.8 Å². The second-order valence-corrected chi connectivity index (χ2v) is 17.6. The van der Waals surface area contributed by atoms with Crippen molar-refractivity contribution in [2.75, 3.05) is 53.2 Å². The molecule has 0 saturated carbocycles. The third-order valence-electron chi connectivity index (χ3n) is 9.31. The topological polar surface area (TPSA) is 337 Å². The lowest BCUT2D eigenvalue weighted by atomic mass is 10.3. The minimum Gasteiger partial charge on any atom is -0.504 e. The Hall–Kier alpha value is -9.06. The highest BCUT2D eigenvalue weighted by Gasteiger charge is 2.08. The Morgan fingerprint density at radius 1 is 0.524 bits per heavy atom. The molecule has 0 amide bonds. The van der Waals surface area contributed by atoms with Gasteiger partial charge in [0.05, 0.1) is 79.2 Å². The molecule has 0 bridgehead atoms. The van der Waals surface area contributed by atoms with Gasteiger partial charge in [-0.05, 0) is 143 Å². The molecule has 0 aromatic carbocycles. The van der Waals surface area contributed by atoms with Crippen LogP contribution < -0.4 is 20.1 Å². The molecule has 3 N–H and O–H groups in total. The van der Waals surface area contributed by atoms with E-state index in [4.69, 9.17) is 20.3 Å². The van der Waals surface area contributed by atoms with Crippen LogP contribution >= 0.6 is 24.1 Å². The van der Waals surface area contributed by atoms with E-state index >= 15 is 0 Å². The maximum Gasteiger partial charge on any atom is 0.363 e. The second kappa shape index (κ2) is 40.2. The van der Waals surface area contributed by atoms with Gasteiger partial charge in [0.25, 0.3) is 17.3 Å². The average molecular weight is 1170 g/mol. The van der Waals surface area contributed by atoms with E-state index in [0.717, 1.165) is 73.9 Å². The van der Waals surface area contributed by atoms with Gasteiger partial charge in [-0.3, -0.25) is 40.2 Å². The first-order chi connectivity index (χ1) is 38.9. The molecule has 8 rings (SSSR count). The van der Waals surface area contributed by atoms with Gasteiger partial charge in [-0.2, -0.15) is 8.67 Å². The minimum atomic E-state index is -0.507. The minimum absolute atomic E-state index is 0.0330. The first kappa shape index (κ1) is 71.0. The number of aryl methyl sites for hydroxylation is 8. The molecule has 0 saturated heterocycles. The molecular weight excluding hydrogens is 1100 g/mol. The summed E-state index contributed by atoms with van der Waals surface area (Å²) >= 11 is 2.25. The predicted molar refractivity (Wildman–Crippen MR) is 313 cm³/mol. The molecule has 26 nitrogen and oxygen atoms in total. The Labute approximate surface area is 484 Å². The molecule has 0 fully saturated rings. The van der Waals surface area contributed by atoms with Gasteiger partial charge in [-0.25, -0.2) is 24.7 Å². The van der Waals surface area contributed by atoms with Crippen molar-refractivity contribution in [1.82, 2.24) is 39.9 Å². The lowest BCUT2D eigenvalue weighted by Gasteiger charge is -2.10. The Bertz CT molecular complexity index is 3140. The SMILES string of the molecule is COOSc1ccc(C)nc1.COOSc1cccc(C)n1.COc1ccc(C)nc1OC.Cc1ccc(N(C)C)cn1.Cc1ccc(O)c(N)n1.Cc1ccc([N+](=O)[O-])cn1.Cc1cccc([N+](=O)[O-])n1.Cc1ncccc1[N+](=O)[O-]. The highest BCUT2D eigenvalue weighted by atomic mass is 32.2. The van der Waals surface area contributed by atoms with Crippen LogP contribution in [0.5, 0.6) is 17.4 Å². The van der Waals surface area contributed by atoms with Crippen molar-refractivity contribution in [3.8, 4) is 17.4 Å². The lowest BCUT2D eigenvalue weighted by molar-refractivity contribution is -0.389. The molecule has 82 heavy (non-hydrogen) atoms. The number of aromatic hydroxyl groups is 1. The van der Waals surface area contributed by atoms with Gasteiger partial charge in [-0.1, -0.05) is 6.07 Å². The first-order valence-corrected chi connectivity index (χ1v) is 25.3. The van der Waals surface area contributed by atoms with Crippen LogP contribution in [0.15, 0.2) is 144 Å².